The van der Waals surface area contributed by atoms with E-state index in [2.05, 4.69) is 30.2 Å². The Balaban J connectivity index is 0.000000419. The summed E-state index contributed by atoms with van der Waals surface area (Å²) in [7, 11) is 0. The highest BCUT2D eigenvalue weighted by atomic mass is 19.4. The summed E-state index contributed by atoms with van der Waals surface area (Å²) in [4.78, 5) is 53.0. The second-order valence-electron chi connectivity index (χ2n) is 12.4. The highest BCUT2D eigenvalue weighted by molar-refractivity contribution is 6.16. The van der Waals surface area contributed by atoms with Crippen molar-refractivity contribution in [3.63, 3.8) is 0 Å². The highest BCUT2D eigenvalue weighted by Crippen LogP contribution is 2.29. The summed E-state index contributed by atoms with van der Waals surface area (Å²) in [6.45, 7) is 12.2. The molecule has 0 radical (unpaired) electrons. The molecule has 362 valence electrons. The first-order valence-corrected chi connectivity index (χ1v) is 20.5. The van der Waals surface area contributed by atoms with Crippen molar-refractivity contribution in [2.75, 3.05) is 10.0 Å². The molecule has 67 heavy (non-hydrogen) atoms. The predicted molar refractivity (Wildman–Crippen MR) is 237 cm³/mol. The Morgan fingerprint density at radius 1 is 0.433 bits per heavy atom. The van der Waals surface area contributed by atoms with Gasteiger partial charge in [0.05, 0.1) is 48.5 Å². The van der Waals surface area contributed by atoms with Crippen molar-refractivity contribution in [1.29, 1.82) is 0 Å². The highest BCUT2D eigenvalue weighted by Gasteiger charge is 2.43. The fourth-order valence-electron chi connectivity index (χ4n) is 4.90. The van der Waals surface area contributed by atoms with Crippen LogP contribution in [0.25, 0.3) is 0 Å². The monoisotopic (exact) mass is 952 g/mol. The molecule has 21 heteroatoms. The number of hydrogen-bond acceptors (Lipinski definition) is 10. The van der Waals surface area contributed by atoms with Crippen molar-refractivity contribution < 1.29 is 68.4 Å². The van der Waals surface area contributed by atoms with Crippen LogP contribution in [0.3, 0.4) is 0 Å². The Bertz CT molecular complexity index is 2110. The van der Waals surface area contributed by atoms with Crippen LogP contribution in [-0.2, 0) is 28.9 Å². The Hall–Kier alpha value is -7.19. The number of benzene rings is 4. The number of nitrogens with zero attached hydrogens (tertiary/aromatic N) is 6. The summed E-state index contributed by atoms with van der Waals surface area (Å²) in [6.07, 6.45) is -13.9. The molecule has 12 nitrogen and oxygen atoms in total. The largest absolute Gasteiger partial charge is 0.431 e. The van der Waals surface area contributed by atoms with Crippen LogP contribution in [0.2, 0.25) is 0 Å². The van der Waals surface area contributed by atoms with Crippen LogP contribution in [0, 0.1) is 0 Å². The molecule has 0 spiro atoms. The van der Waals surface area contributed by atoms with E-state index < -0.39 is 54.6 Å². The Morgan fingerprint density at radius 2 is 0.687 bits per heavy atom. The maximum atomic E-state index is 12.3. The van der Waals surface area contributed by atoms with Crippen molar-refractivity contribution in [3.05, 3.63) is 132 Å². The summed E-state index contributed by atoms with van der Waals surface area (Å²) in [6, 6.07) is 35.1. The molecule has 4 heterocycles. The molecule has 4 aliphatic rings. The van der Waals surface area contributed by atoms with E-state index >= 15 is 0 Å². The third-order valence-electron chi connectivity index (χ3n) is 7.56. The van der Waals surface area contributed by atoms with Gasteiger partial charge >= 0.3 is 30.5 Å². The van der Waals surface area contributed by atoms with Crippen LogP contribution in [0.4, 0.5) is 50.9 Å². The molecule has 0 atom stereocenters. The number of carbonyl (C=O) groups excluding carboxylic acids is 4. The molecule has 2 amide bonds. The molecule has 4 aromatic rings. The molecule has 0 bridgehead atoms. The number of hydrazone groups is 2. The summed E-state index contributed by atoms with van der Waals surface area (Å²) >= 11 is 0. The van der Waals surface area contributed by atoms with Gasteiger partial charge in [0.1, 0.15) is 0 Å². The van der Waals surface area contributed by atoms with Crippen molar-refractivity contribution >= 4 is 58.0 Å². The first-order valence-electron chi connectivity index (χ1n) is 20.5. The maximum Gasteiger partial charge on any atom is 0.431 e. The molecule has 4 aliphatic heterocycles. The van der Waals surface area contributed by atoms with Gasteiger partial charge in [-0.25, -0.2) is 19.6 Å². The lowest BCUT2D eigenvalue weighted by Gasteiger charge is -2.10. The summed E-state index contributed by atoms with van der Waals surface area (Å²) in [5.41, 5.74) is 1.88. The van der Waals surface area contributed by atoms with Gasteiger partial charge in [0, 0.05) is 6.92 Å². The van der Waals surface area contributed by atoms with Crippen molar-refractivity contribution in [2.24, 2.45) is 20.5 Å². The van der Waals surface area contributed by atoms with E-state index in [9.17, 15) is 58.7 Å². The number of alkyl halides is 9. The van der Waals surface area contributed by atoms with Crippen molar-refractivity contribution in [2.45, 2.75) is 92.7 Å². The number of carbonyl (C=O) groups is 4. The van der Waals surface area contributed by atoms with Crippen LogP contribution < -0.4 is 10.0 Å². The molecular weight excluding hydrogens is 904 g/mol. The smallest absolute Gasteiger partial charge is 0.318 e. The Kier molecular flexibility index (Phi) is 24.7. The average Bonchev–Trinajstić information content (AvgIpc) is 4.14. The van der Waals surface area contributed by atoms with Gasteiger partial charge in [0.25, 0.3) is 11.8 Å². The van der Waals surface area contributed by atoms with Gasteiger partial charge in [-0.05, 0) is 35.4 Å². The zero-order chi connectivity index (χ0) is 50.8. The van der Waals surface area contributed by atoms with E-state index in [0.29, 0.717) is 22.8 Å². The predicted octanol–water partition coefficient (Wildman–Crippen LogP) is 12.0. The van der Waals surface area contributed by atoms with Crippen molar-refractivity contribution in [3.8, 4) is 0 Å². The van der Waals surface area contributed by atoms with E-state index in [1.54, 1.807) is 36.4 Å². The van der Waals surface area contributed by atoms with E-state index in [1.807, 2.05) is 102 Å². The normalized spacial score (nSPS) is 14.7. The minimum Gasteiger partial charge on any atom is -0.318 e. The van der Waals surface area contributed by atoms with E-state index in [1.165, 1.54) is 24.3 Å². The maximum absolute atomic E-state index is 12.3. The van der Waals surface area contributed by atoms with E-state index in [0.717, 1.165) is 21.1 Å². The van der Waals surface area contributed by atoms with Crippen LogP contribution >= 0.6 is 0 Å². The molecule has 0 N–H and O–H groups in total. The molecule has 0 fully saturated rings. The SMILES string of the molecule is CC.CC.CC.CC(F)(F)F.O=C1CC(C(F)(F)F)=NN1c1ccccc1.O=C1CC(C(F)(F)F)=NN1c1ccccc1.O=C1CC(c2ccccc2)=NO1.O=C1CC(c2ccccc2)=NO1. The number of amides is 2. The zero-order valence-corrected chi connectivity index (χ0v) is 37.4. The Labute approximate surface area is 381 Å². The molecule has 0 aromatic heterocycles. The number of anilines is 2. The summed E-state index contributed by atoms with van der Waals surface area (Å²) in [5, 5.41) is 15.4. The molecule has 0 saturated carbocycles. The minimum atomic E-state index is -4.54. The Morgan fingerprint density at radius 3 is 0.896 bits per heavy atom. The molecule has 8 rings (SSSR count). The van der Waals surface area contributed by atoms with Gasteiger partial charge in [-0.2, -0.15) is 49.7 Å². The van der Waals surface area contributed by atoms with Crippen molar-refractivity contribution in [1.82, 2.24) is 0 Å². The van der Waals surface area contributed by atoms with E-state index in [-0.39, 0.29) is 31.7 Å². The molecule has 4 aromatic carbocycles. The van der Waals surface area contributed by atoms with Gasteiger partial charge in [-0.1, -0.05) is 149 Å². The fraction of sp³-hybridized carbons (Fsp3) is 0.304. The average molecular weight is 953 g/mol. The van der Waals surface area contributed by atoms with E-state index in [4.69, 9.17) is 0 Å². The van der Waals surface area contributed by atoms with Gasteiger partial charge < -0.3 is 9.68 Å². The number of hydrogen-bond donors (Lipinski definition) is 0. The zero-order valence-electron chi connectivity index (χ0n) is 37.4. The molecule has 0 aliphatic carbocycles. The molecule has 0 unspecified atom stereocenters. The van der Waals surface area contributed by atoms with Crippen LogP contribution in [-0.4, -0.2) is 65.1 Å². The lowest BCUT2D eigenvalue weighted by molar-refractivity contribution is -0.140. The third kappa shape index (κ3) is 21.1. The van der Waals surface area contributed by atoms with Gasteiger partial charge in [0.15, 0.2) is 11.4 Å². The number of rotatable bonds is 4. The number of para-hydroxylation sites is 2. The topological polar surface area (TPSA) is 143 Å². The first kappa shape index (κ1) is 57.8. The lowest BCUT2D eigenvalue weighted by Crippen LogP contribution is -2.22. The quantitative estimate of drug-likeness (QED) is 0.147. The van der Waals surface area contributed by atoms with Gasteiger partial charge in [-0.15, -0.1) is 0 Å². The number of halogens is 9. The van der Waals surface area contributed by atoms with Crippen LogP contribution in [0.5, 0.6) is 0 Å². The lowest BCUT2D eigenvalue weighted by atomic mass is 10.1. The summed E-state index contributed by atoms with van der Waals surface area (Å²) < 4.78 is 105. The van der Waals surface area contributed by atoms with Crippen LogP contribution in [0.1, 0.15) is 85.3 Å². The summed E-state index contributed by atoms with van der Waals surface area (Å²) in [5.74, 6) is -1.90. The third-order valence-corrected chi connectivity index (χ3v) is 7.56. The molecule has 0 saturated heterocycles. The standard InChI is InChI=1S/2C10H7F3N2O.2C9H7NO2.C2H3F3.3C2H6/c2*11-10(12,13)8-6-9(16)15(14-8)7-4-2-1-3-5-7;2*11-9-6-8(10-12-9)7-4-2-1-3-5-7;1-2(3,4)5;3*1-2/h2*1-5H,6H2;2*1-5H,6H2;1H3;3*1-2H3. The fourth-order valence-corrected chi connectivity index (χ4v) is 4.90. The minimum absolute atomic E-state index is 0.188. The van der Waals surface area contributed by atoms with Gasteiger partial charge in [0.2, 0.25) is 0 Å². The van der Waals surface area contributed by atoms with Gasteiger partial charge in [-0.3, -0.25) is 9.59 Å². The van der Waals surface area contributed by atoms with Crippen LogP contribution in [0.15, 0.2) is 142 Å². The molecular formula is C46H49F9N6O6. The number of oxime groups is 2. The second-order valence-corrected chi connectivity index (χ2v) is 12.4. The second kappa shape index (κ2) is 28.7. The first-order chi connectivity index (χ1) is 31.7.